The van der Waals surface area contributed by atoms with Gasteiger partial charge in [0.15, 0.2) is 0 Å². The molecule has 1 spiro atoms. The van der Waals surface area contributed by atoms with Crippen LogP contribution in [0.3, 0.4) is 0 Å². The number of carbonyl (C=O) groups excluding carboxylic acids is 1. The molecule has 6 heteroatoms. The highest BCUT2D eigenvalue weighted by molar-refractivity contribution is 5.76. The van der Waals surface area contributed by atoms with Crippen molar-refractivity contribution in [2.24, 2.45) is 0 Å². The third-order valence-corrected chi connectivity index (χ3v) is 5.80. The number of piperazine rings is 1. The van der Waals surface area contributed by atoms with E-state index in [1.165, 1.54) is 5.56 Å². The third kappa shape index (κ3) is 4.37. The first-order valence-corrected chi connectivity index (χ1v) is 9.22. The molecule has 1 aromatic rings. The maximum atomic E-state index is 12.5. The van der Waals surface area contributed by atoms with Crippen molar-refractivity contribution in [3.63, 3.8) is 0 Å². The highest BCUT2D eigenvalue weighted by Gasteiger charge is 2.42. The van der Waals surface area contributed by atoms with Gasteiger partial charge in [-0.1, -0.05) is 0 Å². The van der Waals surface area contributed by atoms with Gasteiger partial charge < -0.3 is 9.64 Å². The molecule has 3 rings (SSSR count). The standard InChI is InChI=1S/C19H30N4O2/c1-21-11-12-22(15-17-4-8-20-9-5-17)16-19(21)6-3-18(24)23(10-7-19)13-14-25-2/h4-5,8-9H,3,6-7,10-16H2,1-2H3. The molecule has 138 valence electrons. The molecule has 0 radical (unpaired) electrons. The average Bonchev–Trinajstić information content (AvgIpc) is 2.78. The summed E-state index contributed by atoms with van der Waals surface area (Å²) in [4.78, 5) is 23.6. The van der Waals surface area contributed by atoms with Gasteiger partial charge in [-0.25, -0.2) is 0 Å². The lowest BCUT2D eigenvalue weighted by Crippen LogP contribution is -2.60. The lowest BCUT2D eigenvalue weighted by atomic mass is 9.86. The van der Waals surface area contributed by atoms with Gasteiger partial charge in [0.1, 0.15) is 0 Å². The second-order valence-corrected chi connectivity index (χ2v) is 7.34. The molecule has 3 heterocycles. The number of ether oxygens (including phenoxy) is 1. The van der Waals surface area contributed by atoms with Crippen LogP contribution in [0.5, 0.6) is 0 Å². The molecule has 1 amide bonds. The second-order valence-electron chi connectivity index (χ2n) is 7.34. The Bertz CT molecular complexity index is 568. The van der Waals surface area contributed by atoms with Gasteiger partial charge in [-0.2, -0.15) is 0 Å². The average molecular weight is 346 g/mol. The van der Waals surface area contributed by atoms with Crippen LogP contribution in [0.2, 0.25) is 0 Å². The fourth-order valence-corrected chi connectivity index (χ4v) is 4.09. The van der Waals surface area contributed by atoms with Crippen LogP contribution in [0.4, 0.5) is 0 Å². The Balaban J connectivity index is 1.67. The number of aromatic nitrogens is 1. The monoisotopic (exact) mass is 346 g/mol. The molecule has 2 aliphatic rings. The van der Waals surface area contributed by atoms with Crippen LogP contribution in [0.25, 0.3) is 0 Å². The second kappa shape index (κ2) is 8.25. The van der Waals surface area contributed by atoms with Gasteiger partial charge >= 0.3 is 0 Å². The molecule has 0 aromatic carbocycles. The minimum atomic E-state index is 0.1000. The van der Waals surface area contributed by atoms with Crippen molar-refractivity contribution in [2.75, 3.05) is 53.5 Å². The topological polar surface area (TPSA) is 48.9 Å². The van der Waals surface area contributed by atoms with Crippen molar-refractivity contribution >= 4 is 5.91 Å². The van der Waals surface area contributed by atoms with Crippen LogP contribution in [-0.2, 0) is 16.1 Å². The number of amides is 1. The zero-order chi connectivity index (χ0) is 17.7. The lowest BCUT2D eigenvalue weighted by molar-refractivity contribution is -0.131. The SMILES string of the molecule is COCCN1CCC2(CCC1=O)CN(Cc1ccncc1)CCN2C. The molecule has 0 N–H and O–H groups in total. The molecule has 0 aliphatic carbocycles. The largest absolute Gasteiger partial charge is 0.383 e. The molecule has 2 aliphatic heterocycles. The van der Waals surface area contributed by atoms with Gasteiger partial charge in [0.05, 0.1) is 6.61 Å². The first-order chi connectivity index (χ1) is 12.1. The molecule has 1 unspecified atom stereocenters. The van der Waals surface area contributed by atoms with E-state index in [-0.39, 0.29) is 11.4 Å². The molecule has 6 nitrogen and oxygen atoms in total. The quantitative estimate of drug-likeness (QED) is 0.803. The van der Waals surface area contributed by atoms with Crippen molar-refractivity contribution in [1.29, 1.82) is 0 Å². The zero-order valence-corrected chi connectivity index (χ0v) is 15.5. The normalized spacial score (nSPS) is 26.2. The van der Waals surface area contributed by atoms with Gasteiger partial charge in [0.2, 0.25) is 5.91 Å². The summed E-state index contributed by atoms with van der Waals surface area (Å²) < 4.78 is 5.16. The van der Waals surface area contributed by atoms with Gasteiger partial charge in [0.25, 0.3) is 0 Å². The van der Waals surface area contributed by atoms with Crippen molar-refractivity contribution < 1.29 is 9.53 Å². The Morgan fingerprint density at radius 2 is 2.00 bits per heavy atom. The van der Waals surface area contributed by atoms with Crippen LogP contribution in [0, 0.1) is 0 Å². The molecule has 2 saturated heterocycles. The van der Waals surface area contributed by atoms with Crippen molar-refractivity contribution in [1.82, 2.24) is 19.7 Å². The van der Waals surface area contributed by atoms with Crippen LogP contribution in [0.15, 0.2) is 24.5 Å². The first kappa shape index (κ1) is 18.3. The molecule has 0 bridgehead atoms. The summed E-state index contributed by atoms with van der Waals surface area (Å²) in [5.41, 5.74) is 1.41. The van der Waals surface area contributed by atoms with E-state index in [0.717, 1.165) is 45.6 Å². The summed E-state index contributed by atoms with van der Waals surface area (Å²) in [6.07, 6.45) is 6.33. The number of methoxy groups -OCH3 is 1. The number of likely N-dealkylation sites (tertiary alicyclic amines) is 1. The summed E-state index contributed by atoms with van der Waals surface area (Å²) in [5.74, 6) is 0.272. The maximum Gasteiger partial charge on any atom is 0.222 e. The fourth-order valence-electron chi connectivity index (χ4n) is 4.09. The summed E-state index contributed by atoms with van der Waals surface area (Å²) in [7, 11) is 3.91. The van der Waals surface area contributed by atoms with E-state index in [4.69, 9.17) is 4.74 Å². The van der Waals surface area contributed by atoms with Gasteiger partial charge in [-0.15, -0.1) is 0 Å². The summed E-state index contributed by atoms with van der Waals surface area (Å²) in [5, 5.41) is 0. The van der Waals surface area contributed by atoms with E-state index < -0.39 is 0 Å². The Hall–Kier alpha value is -1.50. The van der Waals surface area contributed by atoms with Crippen LogP contribution >= 0.6 is 0 Å². The van der Waals surface area contributed by atoms with E-state index >= 15 is 0 Å². The predicted octanol–water partition coefficient (Wildman–Crippen LogP) is 1.23. The van der Waals surface area contributed by atoms with Crippen molar-refractivity contribution in [3.8, 4) is 0 Å². The minimum Gasteiger partial charge on any atom is -0.383 e. The Morgan fingerprint density at radius 3 is 2.76 bits per heavy atom. The molecule has 2 fully saturated rings. The highest BCUT2D eigenvalue weighted by atomic mass is 16.5. The third-order valence-electron chi connectivity index (χ3n) is 5.80. The first-order valence-electron chi connectivity index (χ1n) is 9.22. The number of hydrogen-bond acceptors (Lipinski definition) is 5. The number of nitrogens with zero attached hydrogens (tertiary/aromatic N) is 4. The van der Waals surface area contributed by atoms with E-state index in [9.17, 15) is 4.79 Å². The molecule has 25 heavy (non-hydrogen) atoms. The summed E-state index contributed by atoms with van der Waals surface area (Å²) in [6.45, 7) is 6.25. The highest BCUT2D eigenvalue weighted by Crippen LogP contribution is 2.32. The Kier molecular flexibility index (Phi) is 6.04. The number of hydrogen-bond donors (Lipinski definition) is 0. The molecular formula is C19H30N4O2. The molecule has 1 aromatic heterocycles. The molecular weight excluding hydrogens is 316 g/mol. The fraction of sp³-hybridized carbons (Fsp3) is 0.684. The molecule has 1 atom stereocenters. The minimum absolute atomic E-state index is 0.1000. The summed E-state index contributed by atoms with van der Waals surface area (Å²) >= 11 is 0. The van der Waals surface area contributed by atoms with Crippen LogP contribution in [-0.4, -0.2) is 84.6 Å². The summed E-state index contributed by atoms with van der Waals surface area (Å²) in [6, 6.07) is 4.18. The van der Waals surface area contributed by atoms with Gasteiger partial charge in [0, 0.05) is 70.7 Å². The van der Waals surface area contributed by atoms with Crippen molar-refractivity contribution in [3.05, 3.63) is 30.1 Å². The Labute approximate surface area is 150 Å². The van der Waals surface area contributed by atoms with Crippen LogP contribution < -0.4 is 0 Å². The van der Waals surface area contributed by atoms with E-state index in [0.29, 0.717) is 19.6 Å². The van der Waals surface area contributed by atoms with E-state index in [1.54, 1.807) is 7.11 Å². The number of rotatable bonds is 5. The van der Waals surface area contributed by atoms with Crippen LogP contribution in [0.1, 0.15) is 24.8 Å². The van der Waals surface area contributed by atoms with Gasteiger partial charge in [-0.05, 0) is 37.6 Å². The molecule has 0 saturated carbocycles. The van der Waals surface area contributed by atoms with E-state index in [2.05, 4.69) is 34.0 Å². The predicted molar refractivity (Wildman–Crippen MR) is 97.2 cm³/mol. The lowest BCUT2D eigenvalue weighted by Gasteiger charge is -2.49. The number of likely N-dealkylation sites (N-methyl/N-ethyl adjacent to an activating group) is 1. The maximum absolute atomic E-state index is 12.5. The van der Waals surface area contributed by atoms with Crippen molar-refractivity contribution in [2.45, 2.75) is 31.3 Å². The van der Waals surface area contributed by atoms with E-state index in [1.807, 2.05) is 17.3 Å². The Morgan fingerprint density at radius 1 is 1.20 bits per heavy atom. The number of carbonyl (C=O) groups is 1. The van der Waals surface area contributed by atoms with Gasteiger partial charge in [-0.3, -0.25) is 19.6 Å². The number of pyridine rings is 1. The smallest absolute Gasteiger partial charge is 0.222 e. The zero-order valence-electron chi connectivity index (χ0n) is 15.5.